The minimum atomic E-state index is -0.345. The van der Waals surface area contributed by atoms with Crippen molar-refractivity contribution in [3.05, 3.63) is 53.8 Å². The molecule has 1 heterocycles. The summed E-state index contributed by atoms with van der Waals surface area (Å²) in [5, 5.41) is 2.68. The maximum atomic E-state index is 13.1. The number of hydrogen-bond acceptors (Lipinski definition) is 5. The molecule has 0 spiro atoms. The van der Waals surface area contributed by atoms with E-state index in [2.05, 4.69) is 10.2 Å². The van der Waals surface area contributed by atoms with E-state index in [1.165, 1.54) is 12.1 Å². The van der Waals surface area contributed by atoms with Crippen LogP contribution < -0.4 is 19.7 Å². The van der Waals surface area contributed by atoms with Crippen LogP contribution in [0.2, 0.25) is 0 Å². The van der Waals surface area contributed by atoms with E-state index in [0.29, 0.717) is 56.5 Å². The summed E-state index contributed by atoms with van der Waals surface area (Å²) in [6.07, 6.45) is 0. The highest BCUT2D eigenvalue weighted by atomic mass is 19.1. The van der Waals surface area contributed by atoms with Crippen molar-refractivity contribution in [2.45, 2.75) is 13.8 Å². The normalized spacial score (nSPS) is 13.6. The molecular formula is C23H28FN3O4. The number of nitrogens with one attached hydrogen (secondary N) is 1. The zero-order chi connectivity index (χ0) is 22.2. The molecule has 2 aromatic carbocycles. The van der Waals surface area contributed by atoms with Crippen molar-refractivity contribution in [1.29, 1.82) is 0 Å². The van der Waals surface area contributed by atoms with Gasteiger partial charge in [0.2, 0.25) is 5.91 Å². The Morgan fingerprint density at radius 3 is 2.23 bits per heavy atom. The first kappa shape index (κ1) is 22.4. The third kappa shape index (κ3) is 5.87. The van der Waals surface area contributed by atoms with E-state index in [-0.39, 0.29) is 24.2 Å². The predicted octanol–water partition coefficient (Wildman–Crippen LogP) is 2.70. The number of piperazine rings is 1. The molecule has 0 atom stereocenters. The summed E-state index contributed by atoms with van der Waals surface area (Å²) < 4.78 is 24.1. The zero-order valence-corrected chi connectivity index (χ0v) is 17.9. The van der Waals surface area contributed by atoms with Gasteiger partial charge in [-0.25, -0.2) is 4.39 Å². The standard InChI is InChI=1S/C23H28FN3O4/c1-3-30-20-10-5-17(15-21(20)31-4-2)23(29)25-16-22(28)27-13-11-26(12-14-27)19-8-6-18(24)7-9-19/h5-10,15H,3-4,11-14,16H2,1-2H3,(H,25,29). The summed E-state index contributed by atoms with van der Waals surface area (Å²) in [4.78, 5) is 28.9. The van der Waals surface area contributed by atoms with Gasteiger partial charge >= 0.3 is 0 Å². The highest BCUT2D eigenvalue weighted by Gasteiger charge is 2.22. The third-order valence-corrected chi connectivity index (χ3v) is 5.03. The van der Waals surface area contributed by atoms with Crippen LogP contribution >= 0.6 is 0 Å². The van der Waals surface area contributed by atoms with Crippen LogP contribution in [-0.4, -0.2) is 62.7 Å². The van der Waals surface area contributed by atoms with Gasteiger partial charge in [-0.15, -0.1) is 0 Å². The molecule has 0 saturated carbocycles. The number of amides is 2. The molecule has 1 fully saturated rings. The number of ether oxygens (including phenoxy) is 2. The Balaban J connectivity index is 1.51. The minimum absolute atomic E-state index is 0.0768. The fraction of sp³-hybridized carbons (Fsp3) is 0.391. The van der Waals surface area contributed by atoms with Gasteiger partial charge in [-0.3, -0.25) is 9.59 Å². The molecule has 166 valence electrons. The fourth-order valence-electron chi connectivity index (χ4n) is 3.43. The van der Waals surface area contributed by atoms with Crippen LogP contribution in [0, 0.1) is 5.82 Å². The number of rotatable bonds is 8. The minimum Gasteiger partial charge on any atom is -0.490 e. The highest BCUT2D eigenvalue weighted by molar-refractivity contribution is 5.97. The van der Waals surface area contributed by atoms with Crippen LogP contribution in [0.4, 0.5) is 10.1 Å². The number of halogens is 1. The number of benzene rings is 2. The zero-order valence-electron chi connectivity index (χ0n) is 17.9. The molecule has 1 saturated heterocycles. The van der Waals surface area contributed by atoms with Crippen molar-refractivity contribution in [3.63, 3.8) is 0 Å². The number of hydrogen-bond donors (Lipinski definition) is 1. The maximum Gasteiger partial charge on any atom is 0.251 e. The molecule has 31 heavy (non-hydrogen) atoms. The van der Waals surface area contributed by atoms with Gasteiger partial charge in [-0.2, -0.15) is 0 Å². The summed E-state index contributed by atoms with van der Waals surface area (Å²) in [6.45, 7) is 7.00. The summed E-state index contributed by atoms with van der Waals surface area (Å²) in [5.41, 5.74) is 1.34. The maximum absolute atomic E-state index is 13.1. The van der Waals surface area contributed by atoms with Gasteiger partial charge in [0.1, 0.15) is 5.82 Å². The Labute approximate surface area is 181 Å². The van der Waals surface area contributed by atoms with Gasteiger partial charge in [0.05, 0.1) is 19.8 Å². The molecule has 1 N–H and O–H groups in total. The topological polar surface area (TPSA) is 71.1 Å². The highest BCUT2D eigenvalue weighted by Crippen LogP contribution is 2.28. The molecule has 1 aliphatic heterocycles. The smallest absolute Gasteiger partial charge is 0.251 e. The van der Waals surface area contributed by atoms with Crippen molar-refractivity contribution in [2.24, 2.45) is 0 Å². The Hall–Kier alpha value is -3.29. The van der Waals surface area contributed by atoms with Crippen molar-refractivity contribution in [2.75, 3.05) is 50.8 Å². The largest absolute Gasteiger partial charge is 0.490 e. The quantitative estimate of drug-likeness (QED) is 0.699. The Bertz CT molecular complexity index is 896. The van der Waals surface area contributed by atoms with E-state index >= 15 is 0 Å². The van der Waals surface area contributed by atoms with Crippen molar-refractivity contribution >= 4 is 17.5 Å². The number of anilines is 1. The first-order chi connectivity index (χ1) is 15.0. The first-order valence-corrected chi connectivity index (χ1v) is 10.5. The molecular weight excluding hydrogens is 401 g/mol. The van der Waals surface area contributed by atoms with E-state index in [4.69, 9.17) is 9.47 Å². The molecule has 0 bridgehead atoms. The summed E-state index contributed by atoms with van der Waals surface area (Å²) in [7, 11) is 0. The van der Waals surface area contributed by atoms with Gasteiger partial charge < -0.3 is 24.6 Å². The lowest BCUT2D eigenvalue weighted by Crippen LogP contribution is -2.51. The molecule has 0 radical (unpaired) electrons. The van der Waals surface area contributed by atoms with Gasteiger partial charge in [-0.1, -0.05) is 0 Å². The van der Waals surface area contributed by atoms with Crippen molar-refractivity contribution < 1.29 is 23.5 Å². The number of carbonyl (C=O) groups is 2. The van der Waals surface area contributed by atoms with E-state index < -0.39 is 0 Å². The lowest BCUT2D eigenvalue weighted by Gasteiger charge is -2.36. The molecule has 8 heteroatoms. The lowest BCUT2D eigenvalue weighted by atomic mass is 10.2. The van der Waals surface area contributed by atoms with Crippen LogP contribution in [0.3, 0.4) is 0 Å². The predicted molar refractivity (Wildman–Crippen MR) is 116 cm³/mol. The molecule has 3 rings (SSSR count). The number of carbonyl (C=O) groups excluding carboxylic acids is 2. The fourth-order valence-corrected chi connectivity index (χ4v) is 3.43. The number of nitrogens with zero attached hydrogens (tertiary/aromatic N) is 2. The van der Waals surface area contributed by atoms with E-state index in [1.54, 1.807) is 35.2 Å². The Morgan fingerprint density at radius 2 is 1.58 bits per heavy atom. The van der Waals surface area contributed by atoms with E-state index in [0.717, 1.165) is 5.69 Å². The van der Waals surface area contributed by atoms with E-state index in [9.17, 15) is 14.0 Å². The van der Waals surface area contributed by atoms with Crippen LogP contribution in [0.25, 0.3) is 0 Å². The average molecular weight is 429 g/mol. The third-order valence-electron chi connectivity index (χ3n) is 5.03. The van der Waals surface area contributed by atoms with Gasteiger partial charge in [0.25, 0.3) is 5.91 Å². The summed E-state index contributed by atoms with van der Waals surface area (Å²) in [5.74, 6) is 0.329. The van der Waals surface area contributed by atoms with Crippen LogP contribution in [0.15, 0.2) is 42.5 Å². The SMILES string of the molecule is CCOc1ccc(C(=O)NCC(=O)N2CCN(c3ccc(F)cc3)CC2)cc1OCC. The van der Waals surface area contributed by atoms with E-state index in [1.807, 2.05) is 13.8 Å². The second-order valence-corrected chi connectivity index (χ2v) is 7.05. The molecule has 0 aromatic heterocycles. The molecule has 0 unspecified atom stereocenters. The molecule has 1 aliphatic rings. The average Bonchev–Trinajstić information content (AvgIpc) is 2.79. The molecule has 0 aliphatic carbocycles. The molecule has 2 aromatic rings. The first-order valence-electron chi connectivity index (χ1n) is 10.5. The van der Waals surface area contributed by atoms with Gasteiger partial charge in [-0.05, 0) is 56.3 Å². The van der Waals surface area contributed by atoms with Crippen molar-refractivity contribution in [3.8, 4) is 11.5 Å². The van der Waals surface area contributed by atoms with Crippen LogP contribution in [0.1, 0.15) is 24.2 Å². The van der Waals surface area contributed by atoms with Crippen LogP contribution in [0.5, 0.6) is 11.5 Å². The molecule has 2 amide bonds. The van der Waals surface area contributed by atoms with Crippen molar-refractivity contribution in [1.82, 2.24) is 10.2 Å². The monoisotopic (exact) mass is 429 g/mol. The summed E-state index contributed by atoms with van der Waals surface area (Å²) in [6, 6.07) is 11.3. The van der Waals surface area contributed by atoms with Gasteiger partial charge in [0, 0.05) is 37.4 Å². The second kappa shape index (κ2) is 10.7. The Morgan fingerprint density at radius 1 is 0.935 bits per heavy atom. The lowest BCUT2D eigenvalue weighted by molar-refractivity contribution is -0.130. The summed E-state index contributed by atoms with van der Waals surface area (Å²) >= 11 is 0. The van der Waals surface area contributed by atoms with Crippen LogP contribution in [-0.2, 0) is 4.79 Å². The second-order valence-electron chi connectivity index (χ2n) is 7.05. The Kier molecular flexibility index (Phi) is 7.70. The van der Waals surface area contributed by atoms with Gasteiger partial charge in [0.15, 0.2) is 11.5 Å². The molecule has 7 nitrogen and oxygen atoms in total.